The zero-order valence-corrected chi connectivity index (χ0v) is 12.9. The van der Waals surface area contributed by atoms with Gasteiger partial charge in [-0.15, -0.1) is 0 Å². The zero-order chi connectivity index (χ0) is 15.0. The lowest BCUT2D eigenvalue weighted by Gasteiger charge is -2.32. The van der Waals surface area contributed by atoms with Gasteiger partial charge in [-0.3, -0.25) is 0 Å². The molecule has 0 unspecified atom stereocenters. The van der Waals surface area contributed by atoms with Crippen molar-refractivity contribution in [2.24, 2.45) is 0 Å². The molecule has 0 aromatic carbocycles. The van der Waals surface area contributed by atoms with E-state index < -0.39 is 0 Å². The second-order valence-electron chi connectivity index (χ2n) is 6.18. The van der Waals surface area contributed by atoms with Crippen molar-refractivity contribution in [3.63, 3.8) is 0 Å². The van der Waals surface area contributed by atoms with Crippen molar-refractivity contribution in [3.05, 3.63) is 18.3 Å². The summed E-state index contributed by atoms with van der Waals surface area (Å²) in [6.45, 7) is 8.79. The average molecular weight is 278 g/mol. The highest BCUT2D eigenvalue weighted by Gasteiger charge is 2.51. The summed E-state index contributed by atoms with van der Waals surface area (Å²) in [5, 5.41) is 8.93. The minimum Gasteiger partial charge on any atom is -0.399 e. The summed E-state index contributed by atoms with van der Waals surface area (Å²) >= 11 is 0. The van der Waals surface area contributed by atoms with Crippen LogP contribution in [-0.4, -0.2) is 48.6 Å². The lowest BCUT2D eigenvalue weighted by Crippen LogP contribution is -2.41. The second kappa shape index (κ2) is 5.35. The van der Waals surface area contributed by atoms with Crippen LogP contribution in [0.5, 0.6) is 0 Å². The number of hydrogen-bond acceptors (Lipinski definition) is 5. The number of hydrogen-bond donors (Lipinski definition) is 1. The Morgan fingerprint density at radius 1 is 1.20 bits per heavy atom. The molecule has 0 bridgehead atoms. The summed E-state index contributed by atoms with van der Waals surface area (Å²) in [6.07, 6.45) is 1.77. The van der Waals surface area contributed by atoms with Crippen LogP contribution in [0.4, 0.5) is 5.82 Å². The molecule has 0 radical (unpaired) electrons. The fraction of sp³-hybridized carbons (Fsp3) is 0.643. The van der Waals surface area contributed by atoms with Gasteiger partial charge in [0.2, 0.25) is 0 Å². The van der Waals surface area contributed by atoms with Crippen molar-refractivity contribution in [2.45, 2.75) is 38.9 Å². The summed E-state index contributed by atoms with van der Waals surface area (Å²) in [4.78, 5) is 6.29. The van der Waals surface area contributed by atoms with E-state index in [2.05, 4.69) is 4.98 Å². The number of aliphatic hydroxyl groups excluding tert-OH is 1. The molecular weight excluding hydrogens is 255 g/mol. The van der Waals surface area contributed by atoms with Gasteiger partial charge in [0.1, 0.15) is 5.82 Å². The largest absolute Gasteiger partial charge is 0.496 e. The maximum Gasteiger partial charge on any atom is 0.496 e. The van der Waals surface area contributed by atoms with E-state index in [0.29, 0.717) is 6.54 Å². The third-order valence-electron chi connectivity index (χ3n) is 4.12. The van der Waals surface area contributed by atoms with Crippen LogP contribution in [0.3, 0.4) is 0 Å². The first kappa shape index (κ1) is 15.3. The van der Waals surface area contributed by atoms with Gasteiger partial charge in [-0.1, -0.05) is 6.07 Å². The lowest BCUT2D eigenvalue weighted by molar-refractivity contribution is 0.00578. The monoisotopic (exact) mass is 278 g/mol. The molecule has 5 nitrogen and oxygen atoms in total. The number of aliphatic hydroxyl groups is 1. The number of anilines is 1. The predicted octanol–water partition coefficient (Wildman–Crippen LogP) is 0.809. The standard InChI is InChI=1S/C14H23BN2O3/c1-13(2)14(3,4)20-15(19-13)11-6-7-12(16-10-11)17(5)8-9-18/h6-7,10,18H,8-9H2,1-5H3. The highest BCUT2D eigenvalue weighted by Crippen LogP contribution is 2.36. The Balaban J connectivity index is 2.12. The van der Waals surface area contributed by atoms with Crippen LogP contribution in [0.1, 0.15) is 27.7 Å². The van der Waals surface area contributed by atoms with Crippen LogP contribution in [0.15, 0.2) is 18.3 Å². The van der Waals surface area contributed by atoms with Crippen LogP contribution in [0, 0.1) is 0 Å². The molecule has 20 heavy (non-hydrogen) atoms. The molecule has 1 aromatic rings. The van der Waals surface area contributed by atoms with Gasteiger partial charge in [-0.05, 0) is 33.8 Å². The van der Waals surface area contributed by atoms with Gasteiger partial charge < -0.3 is 19.3 Å². The van der Waals surface area contributed by atoms with E-state index in [4.69, 9.17) is 14.4 Å². The summed E-state index contributed by atoms with van der Waals surface area (Å²) in [6, 6.07) is 3.87. The summed E-state index contributed by atoms with van der Waals surface area (Å²) in [5.41, 5.74) is 0.221. The molecular formula is C14H23BN2O3. The van der Waals surface area contributed by atoms with E-state index in [1.807, 2.05) is 51.8 Å². The molecule has 6 heteroatoms. The SMILES string of the molecule is CN(CCO)c1ccc(B2OC(C)(C)C(C)(C)O2)cn1. The molecule has 2 rings (SSSR count). The van der Waals surface area contributed by atoms with Crippen molar-refractivity contribution < 1.29 is 14.4 Å². The molecule has 0 aliphatic carbocycles. The molecule has 0 spiro atoms. The Bertz CT molecular complexity index is 446. The van der Waals surface area contributed by atoms with Gasteiger partial charge in [-0.2, -0.15) is 0 Å². The van der Waals surface area contributed by atoms with E-state index in [1.165, 1.54) is 0 Å². The molecule has 1 aliphatic rings. The first-order valence-corrected chi connectivity index (χ1v) is 6.90. The molecule has 1 aromatic heterocycles. The van der Waals surface area contributed by atoms with Gasteiger partial charge in [-0.25, -0.2) is 4.98 Å². The Hall–Kier alpha value is -1.11. The topological polar surface area (TPSA) is 54.8 Å². The molecule has 2 heterocycles. The van der Waals surface area contributed by atoms with Crippen LogP contribution in [0.2, 0.25) is 0 Å². The third kappa shape index (κ3) is 2.82. The summed E-state index contributed by atoms with van der Waals surface area (Å²) in [5.74, 6) is 0.819. The second-order valence-corrected chi connectivity index (χ2v) is 6.18. The lowest BCUT2D eigenvalue weighted by atomic mass is 9.80. The number of likely N-dealkylation sites (N-methyl/N-ethyl adjacent to an activating group) is 1. The van der Waals surface area contributed by atoms with Crippen molar-refractivity contribution in [2.75, 3.05) is 25.1 Å². The normalized spacial score (nSPS) is 20.2. The summed E-state index contributed by atoms with van der Waals surface area (Å²) < 4.78 is 12.0. The smallest absolute Gasteiger partial charge is 0.399 e. The molecule has 0 saturated carbocycles. The van der Waals surface area contributed by atoms with Crippen LogP contribution < -0.4 is 10.4 Å². The predicted molar refractivity (Wildman–Crippen MR) is 80.3 cm³/mol. The van der Waals surface area contributed by atoms with Crippen molar-refractivity contribution in [3.8, 4) is 0 Å². The van der Waals surface area contributed by atoms with Crippen molar-refractivity contribution in [1.29, 1.82) is 0 Å². The highest BCUT2D eigenvalue weighted by atomic mass is 16.7. The van der Waals surface area contributed by atoms with Crippen molar-refractivity contribution >= 4 is 18.4 Å². The minimum absolute atomic E-state index is 0.108. The number of aromatic nitrogens is 1. The molecule has 1 aliphatic heterocycles. The third-order valence-corrected chi connectivity index (χ3v) is 4.12. The van der Waals surface area contributed by atoms with Crippen molar-refractivity contribution in [1.82, 2.24) is 4.98 Å². The van der Waals surface area contributed by atoms with Crippen LogP contribution >= 0.6 is 0 Å². The van der Waals surface area contributed by atoms with E-state index in [9.17, 15) is 0 Å². The first-order valence-electron chi connectivity index (χ1n) is 6.90. The van der Waals surface area contributed by atoms with E-state index in [0.717, 1.165) is 11.3 Å². The zero-order valence-electron chi connectivity index (χ0n) is 12.9. The molecule has 1 fully saturated rings. The molecule has 0 amide bonds. The fourth-order valence-electron chi connectivity index (χ4n) is 2.01. The molecule has 1 N–H and O–H groups in total. The Labute approximate surface area is 121 Å². The molecule has 0 atom stereocenters. The van der Waals surface area contributed by atoms with Crippen LogP contribution in [0.25, 0.3) is 0 Å². The van der Waals surface area contributed by atoms with E-state index in [1.54, 1.807) is 6.20 Å². The highest BCUT2D eigenvalue weighted by molar-refractivity contribution is 6.62. The Morgan fingerprint density at radius 3 is 2.25 bits per heavy atom. The van der Waals surface area contributed by atoms with E-state index >= 15 is 0 Å². The fourth-order valence-corrected chi connectivity index (χ4v) is 2.01. The van der Waals surface area contributed by atoms with Gasteiger partial charge >= 0.3 is 7.12 Å². The Kier molecular flexibility index (Phi) is 4.09. The Morgan fingerprint density at radius 2 is 1.80 bits per heavy atom. The summed E-state index contributed by atoms with van der Waals surface area (Å²) in [7, 11) is 1.51. The number of pyridine rings is 1. The average Bonchev–Trinajstić information content (AvgIpc) is 2.59. The quantitative estimate of drug-likeness (QED) is 0.826. The number of nitrogens with zero attached hydrogens (tertiary/aromatic N) is 2. The molecule has 1 saturated heterocycles. The van der Waals surface area contributed by atoms with Crippen LogP contribution in [-0.2, 0) is 9.31 Å². The van der Waals surface area contributed by atoms with Gasteiger partial charge in [0.15, 0.2) is 0 Å². The first-order chi connectivity index (χ1) is 9.27. The van der Waals surface area contributed by atoms with E-state index in [-0.39, 0.29) is 24.9 Å². The minimum atomic E-state index is -0.385. The molecule has 110 valence electrons. The van der Waals surface area contributed by atoms with Gasteiger partial charge in [0.05, 0.1) is 17.8 Å². The number of rotatable bonds is 4. The van der Waals surface area contributed by atoms with Gasteiger partial charge in [0.25, 0.3) is 0 Å². The maximum absolute atomic E-state index is 8.93. The van der Waals surface area contributed by atoms with Gasteiger partial charge in [0, 0.05) is 25.3 Å². The maximum atomic E-state index is 8.93.